The number of aliphatic hydroxyl groups excluding tert-OH is 2. The third-order valence-corrected chi connectivity index (χ3v) is 8.31. The van der Waals surface area contributed by atoms with Crippen molar-refractivity contribution in [3.63, 3.8) is 0 Å². The molecule has 1 fully saturated rings. The summed E-state index contributed by atoms with van der Waals surface area (Å²) in [5.74, 6) is -3.62. The van der Waals surface area contributed by atoms with Gasteiger partial charge in [-0.1, -0.05) is 25.1 Å². The monoisotopic (exact) mass is 525 g/mol. The Labute approximate surface area is 218 Å². The van der Waals surface area contributed by atoms with Crippen LogP contribution >= 0.6 is 0 Å². The summed E-state index contributed by atoms with van der Waals surface area (Å²) in [5, 5.41) is 53.9. The number of benzene rings is 2. The van der Waals surface area contributed by atoms with Gasteiger partial charge in [-0.15, -0.1) is 0 Å². The number of phenols is 2. The number of nitrogens with two attached hydrogens (primary N) is 1. The summed E-state index contributed by atoms with van der Waals surface area (Å²) in [7, 11) is 0. The van der Waals surface area contributed by atoms with Gasteiger partial charge in [0.25, 0.3) is 0 Å². The minimum Gasteiger partial charge on any atom is -0.507 e. The highest BCUT2D eigenvalue weighted by molar-refractivity contribution is 6.31. The van der Waals surface area contributed by atoms with Crippen molar-refractivity contribution >= 4 is 17.3 Å². The van der Waals surface area contributed by atoms with Crippen LogP contribution in [0.15, 0.2) is 18.2 Å². The normalized spacial score (nSPS) is 30.4. The lowest BCUT2D eigenvalue weighted by Gasteiger charge is -2.42. The predicted molar refractivity (Wildman–Crippen MR) is 133 cm³/mol. The average molecular weight is 526 g/mol. The van der Waals surface area contributed by atoms with Gasteiger partial charge < -0.3 is 36.0 Å². The Morgan fingerprint density at radius 3 is 2.45 bits per heavy atom. The zero-order valence-corrected chi connectivity index (χ0v) is 21.1. The molecule has 0 amide bonds. The standard InChI is InChI=1S/C28H31NO9/c1-11-4-3-5-14-19(11)26(35)22-21(24(14)33)25(34)15-8-28(37,18(31)10-30)9-17(20(15)27(22)36)38-13-6-12(2)23(32)16(29)7-13/h3-5,12-13,16-17,23,30,32,34,36-37H,6-10,29H2,1-2H3. The third kappa shape index (κ3) is 3.87. The second kappa shape index (κ2) is 9.25. The summed E-state index contributed by atoms with van der Waals surface area (Å²) >= 11 is 0. The second-order valence-corrected chi connectivity index (χ2v) is 10.8. The van der Waals surface area contributed by atoms with Crippen LogP contribution in [0, 0.1) is 12.8 Å². The van der Waals surface area contributed by atoms with E-state index < -0.39 is 77.4 Å². The molecule has 0 aliphatic heterocycles. The van der Waals surface area contributed by atoms with Gasteiger partial charge in [0, 0.05) is 41.1 Å². The maximum absolute atomic E-state index is 13.6. The van der Waals surface area contributed by atoms with E-state index in [1.807, 2.05) is 6.92 Å². The molecule has 7 N–H and O–H groups in total. The Bertz CT molecular complexity index is 1360. The number of carbonyl (C=O) groups is 3. The molecule has 3 aliphatic rings. The number of phenolic OH excluding ortho intramolecular Hbond substituents is 2. The van der Waals surface area contributed by atoms with Crippen molar-refractivity contribution in [3.05, 3.63) is 57.1 Å². The van der Waals surface area contributed by atoms with Gasteiger partial charge in [-0.05, 0) is 31.2 Å². The zero-order valence-electron chi connectivity index (χ0n) is 21.1. The summed E-state index contributed by atoms with van der Waals surface area (Å²) < 4.78 is 6.27. The number of carbonyl (C=O) groups excluding carboxylic acids is 3. The first-order valence-electron chi connectivity index (χ1n) is 12.6. The predicted octanol–water partition coefficient (Wildman–Crippen LogP) is 0.965. The topological polar surface area (TPSA) is 188 Å². The number of hydrogen-bond donors (Lipinski definition) is 6. The number of hydrogen-bond acceptors (Lipinski definition) is 10. The molecule has 10 nitrogen and oxygen atoms in total. The van der Waals surface area contributed by atoms with Crippen LogP contribution in [0.4, 0.5) is 0 Å². The molecule has 2 aromatic carbocycles. The molecule has 38 heavy (non-hydrogen) atoms. The summed E-state index contributed by atoms with van der Waals surface area (Å²) in [6.45, 7) is 2.50. The maximum atomic E-state index is 13.6. The molecule has 3 aliphatic carbocycles. The Hall–Kier alpha value is -3.15. The molecular weight excluding hydrogens is 494 g/mol. The molecule has 0 spiro atoms. The number of aryl methyl sites for hydroxylation is 1. The smallest absolute Gasteiger partial charge is 0.198 e. The van der Waals surface area contributed by atoms with Crippen LogP contribution in [0.3, 0.4) is 0 Å². The van der Waals surface area contributed by atoms with E-state index >= 15 is 0 Å². The zero-order chi connectivity index (χ0) is 27.7. The number of ketones is 3. The molecule has 0 aromatic heterocycles. The maximum Gasteiger partial charge on any atom is 0.198 e. The van der Waals surface area contributed by atoms with Crippen LogP contribution in [-0.4, -0.2) is 73.3 Å². The van der Waals surface area contributed by atoms with E-state index in [1.165, 1.54) is 6.07 Å². The number of aromatic hydroxyl groups is 2. The van der Waals surface area contributed by atoms with Crippen molar-refractivity contribution in [2.45, 2.75) is 69.5 Å². The summed E-state index contributed by atoms with van der Waals surface area (Å²) in [6.07, 6.45) is -2.68. The van der Waals surface area contributed by atoms with Crippen molar-refractivity contribution in [1.82, 2.24) is 0 Å². The molecular formula is C28H31NO9. The minimum absolute atomic E-state index is 0.00203. The molecule has 6 atom stereocenters. The van der Waals surface area contributed by atoms with Crippen LogP contribution in [0.1, 0.15) is 80.8 Å². The van der Waals surface area contributed by atoms with Gasteiger partial charge in [0.1, 0.15) is 23.7 Å². The minimum atomic E-state index is -2.16. The quantitative estimate of drug-likeness (QED) is 0.268. The van der Waals surface area contributed by atoms with E-state index in [4.69, 9.17) is 10.5 Å². The molecule has 6 unspecified atom stereocenters. The van der Waals surface area contributed by atoms with E-state index in [2.05, 4.69) is 0 Å². The molecule has 0 radical (unpaired) electrons. The van der Waals surface area contributed by atoms with Crippen molar-refractivity contribution < 1.29 is 44.7 Å². The third-order valence-electron chi connectivity index (χ3n) is 8.31. The van der Waals surface area contributed by atoms with Crippen molar-refractivity contribution in [2.24, 2.45) is 11.7 Å². The Morgan fingerprint density at radius 1 is 1.11 bits per heavy atom. The highest BCUT2D eigenvalue weighted by Crippen LogP contribution is 2.52. The highest BCUT2D eigenvalue weighted by atomic mass is 16.5. The molecule has 1 saturated carbocycles. The number of fused-ring (bicyclic) bond motifs is 3. The van der Waals surface area contributed by atoms with Gasteiger partial charge in [0.15, 0.2) is 17.3 Å². The van der Waals surface area contributed by atoms with Crippen LogP contribution < -0.4 is 5.73 Å². The number of aliphatic hydroxyl groups is 3. The molecule has 5 rings (SSSR count). The fourth-order valence-corrected chi connectivity index (χ4v) is 6.29. The Morgan fingerprint density at radius 2 is 1.79 bits per heavy atom. The summed E-state index contributed by atoms with van der Waals surface area (Å²) in [6, 6.07) is 4.14. The van der Waals surface area contributed by atoms with E-state index in [9.17, 15) is 39.9 Å². The van der Waals surface area contributed by atoms with E-state index in [-0.39, 0.29) is 46.6 Å². The SMILES string of the molecule is Cc1cccc2c1C(=O)c1c(O)c3c(c(O)c1C2=O)CC(O)(C(=O)CO)CC3OC1CC(C)C(O)C(N)C1. The lowest BCUT2D eigenvalue weighted by atomic mass is 9.71. The van der Waals surface area contributed by atoms with Gasteiger partial charge in [0.05, 0.1) is 29.4 Å². The first kappa shape index (κ1) is 26.5. The molecule has 202 valence electrons. The molecule has 0 saturated heterocycles. The number of rotatable bonds is 4. The van der Waals surface area contributed by atoms with Crippen molar-refractivity contribution in [1.29, 1.82) is 0 Å². The first-order chi connectivity index (χ1) is 17.9. The van der Waals surface area contributed by atoms with Gasteiger partial charge in [-0.3, -0.25) is 14.4 Å². The average Bonchev–Trinajstić information content (AvgIpc) is 2.86. The Kier molecular flexibility index (Phi) is 6.44. The first-order valence-corrected chi connectivity index (χ1v) is 12.6. The lowest BCUT2D eigenvalue weighted by molar-refractivity contribution is -0.151. The van der Waals surface area contributed by atoms with Crippen molar-refractivity contribution in [3.8, 4) is 11.5 Å². The molecule has 0 heterocycles. The van der Waals surface area contributed by atoms with Gasteiger partial charge in [0.2, 0.25) is 0 Å². The lowest BCUT2D eigenvalue weighted by Crippen LogP contribution is -2.50. The molecule has 10 heteroatoms. The molecule has 0 bridgehead atoms. The van der Waals surface area contributed by atoms with Gasteiger partial charge in [-0.25, -0.2) is 0 Å². The van der Waals surface area contributed by atoms with Crippen LogP contribution in [0.25, 0.3) is 0 Å². The van der Waals surface area contributed by atoms with Gasteiger partial charge >= 0.3 is 0 Å². The van der Waals surface area contributed by atoms with E-state index in [0.29, 0.717) is 12.0 Å². The van der Waals surface area contributed by atoms with Crippen LogP contribution in [0.2, 0.25) is 0 Å². The van der Waals surface area contributed by atoms with Crippen LogP contribution in [0.5, 0.6) is 11.5 Å². The summed E-state index contributed by atoms with van der Waals surface area (Å²) in [4.78, 5) is 39.7. The highest BCUT2D eigenvalue weighted by Gasteiger charge is 2.49. The second-order valence-electron chi connectivity index (χ2n) is 10.8. The fourth-order valence-electron chi connectivity index (χ4n) is 6.29. The Balaban J connectivity index is 1.68. The van der Waals surface area contributed by atoms with Crippen LogP contribution in [-0.2, 0) is 16.0 Å². The largest absolute Gasteiger partial charge is 0.507 e. The molecule has 2 aromatic rings. The van der Waals surface area contributed by atoms with Gasteiger partial charge in [-0.2, -0.15) is 0 Å². The van der Waals surface area contributed by atoms with E-state index in [1.54, 1.807) is 19.1 Å². The number of ether oxygens (including phenoxy) is 1. The van der Waals surface area contributed by atoms with E-state index in [0.717, 1.165) is 0 Å². The van der Waals surface area contributed by atoms with Crippen molar-refractivity contribution in [2.75, 3.05) is 6.61 Å². The fraction of sp³-hybridized carbons (Fsp3) is 0.464. The number of Topliss-reactive ketones (excluding diaryl/α,β-unsaturated/α-hetero) is 1. The summed E-state index contributed by atoms with van der Waals surface area (Å²) in [5.41, 5.74) is 3.79.